The lowest BCUT2D eigenvalue weighted by Crippen LogP contribution is -2.52. The van der Waals surface area contributed by atoms with E-state index in [1.807, 2.05) is 4.90 Å². The van der Waals surface area contributed by atoms with Gasteiger partial charge in [-0.25, -0.2) is 9.48 Å². The largest absolute Gasteiger partial charge is 0.346 e. The standard InChI is InChI=1S/C18H29N5O2/c24-17(21-12-10-20(11-13-21)15-6-3-4-7-15)14-23-18(25)22-9-5-1-2-8-16(22)19-23/h15H,1-14H2. The first kappa shape index (κ1) is 16.8. The molecule has 0 spiro atoms. The third kappa shape index (κ3) is 3.52. The quantitative estimate of drug-likeness (QED) is 0.813. The molecule has 7 nitrogen and oxygen atoms in total. The van der Waals surface area contributed by atoms with Crippen molar-refractivity contribution >= 4 is 5.91 Å². The average molecular weight is 347 g/mol. The number of aryl methyl sites for hydroxylation is 1. The number of amides is 1. The van der Waals surface area contributed by atoms with E-state index in [0.29, 0.717) is 0 Å². The zero-order valence-electron chi connectivity index (χ0n) is 15.0. The lowest BCUT2D eigenvalue weighted by Gasteiger charge is -2.38. The van der Waals surface area contributed by atoms with Gasteiger partial charge in [0.2, 0.25) is 5.91 Å². The van der Waals surface area contributed by atoms with Crippen molar-refractivity contribution in [2.75, 3.05) is 26.2 Å². The summed E-state index contributed by atoms with van der Waals surface area (Å²) in [6.07, 6.45) is 9.40. The average Bonchev–Trinajstić information content (AvgIpc) is 3.19. The number of carbonyl (C=O) groups excluding carboxylic acids is 1. The third-order valence-corrected chi connectivity index (χ3v) is 6.07. The molecular weight excluding hydrogens is 318 g/mol. The van der Waals surface area contributed by atoms with Crippen molar-refractivity contribution in [2.24, 2.45) is 0 Å². The van der Waals surface area contributed by atoms with Crippen LogP contribution >= 0.6 is 0 Å². The Hall–Kier alpha value is -1.63. The van der Waals surface area contributed by atoms with Crippen LogP contribution in [0.3, 0.4) is 0 Å². The van der Waals surface area contributed by atoms with Gasteiger partial charge in [0.1, 0.15) is 12.4 Å². The molecule has 0 radical (unpaired) electrons. The number of aromatic nitrogens is 3. The Labute approximate surface area is 148 Å². The van der Waals surface area contributed by atoms with Crippen LogP contribution in [0.5, 0.6) is 0 Å². The fourth-order valence-corrected chi connectivity index (χ4v) is 4.56. The summed E-state index contributed by atoms with van der Waals surface area (Å²) >= 11 is 0. The Morgan fingerprint density at radius 2 is 1.72 bits per heavy atom. The van der Waals surface area contributed by atoms with Crippen LogP contribution in [0.25, 0.3) is 0 Å². The van der Waals surface area contributed by atoms with E-state index in [1.165, 1.54) is 30.4 Å². The van der Waals surface area contributed by atoms with E-state index in [1.54, 1.807) is 4.57 Å². The van der Waals surface area contributed by atoms with Gasteiger partial charge in [0, 0.05) is 45.2 Å². The van der Waals surface area contributed by atoms with Gasteiger partial charge < -0.3 is 4.90 Å². The summed E-state index contributed by atoms with van der Waals surface area (Å²) in [5, 5.41) is 4.43. The highest BCUT2D eigenvalue weighted by atomic mass is 16.2. The van der Waals surface area contributed by atoms with E-state index >= 15 is 0 Å². The topological polar surface area (TPSA) is 63.4 Å². The minimum absolute atomic E-state index is 0.0291. The lowest BCUT2D eigenvalue weighted by atomic mass is 10.2. The van der Waals surface area contributed by atoms with Crippen molar-refractivity contribution in [3.05, 3.63) is 16.3 Å². The summed E-state index contributed by atoms with van der Waals surface area (Å²) in [7, 11) is 0. The van der Waals surface area contributed by atoms with E-state index in [-0.39, 0.29) is 18.1 Å². The van der Waals surface area contributed by atoms with Crippen LogP contribution in [0.1, 0.15) is 50.8 Å². The van der Waals surface area contributed by atoms with Crippen molar-refractivity contribution in [3.8, 4) is 0 Å². The maximum absolute atomic E-state index is 12.6. The summed E-state index contributed by atoms with van der Waals surface area (Å²) < 4.78 is 3.14. The van der Waals surface area contributed by atoms with Gasteiger partial charge in [0.05, 0.1) is 0 Å². The maximum Gasteiger partial charge on any atom is 0.346 e. The molecule has 7 heteroatoms. The van der Waals surface area contributed by atoms with Gasteiger partial charge in [-0.3, -0.25) is 14.3 Å². The lowest BCUT2D eigenvalue weighted by molar-refractivity contribution is -0.134. The van der Waals surface area contributed by atoms with Crippen LogP contribution in [0.2, 0.25) is 0 Å². The van der Waals surface area contributed by atoms with Gasteiger partial charge in [0.15, 0.2) is 0 Å². The van der Waals surface area contributed by atoms with E-state index < -0.39 is 0 Å². The fourth-order valence-electron chi connectivity index (χ4n) is 4.56. The van der Waals surface area contributed by atoms with Gasteiger partial charge in [-0.2, -0.15) is 5.10 Å². The van der Waals surface area contributed by atoms with Gasteiger partial charge in [-0.15, -0.1) is 0 Å². The van der Waals surface area contributed by atoms with Crippen LogP contribution in [0.4, 0.5) is 0 Å². The second-order valence-corrected chi connectivity index (χ2v) is 7.67. The van der Waals surface area contributed by atoms with E-state index in [4.69, 9.17) is 0 Å². The maximum atomic E-state index is 12.6. The molecular formula is C18H29N5O2. The van der Waals surface area contributed by atoms with Crippen LogP contribution in [0, 0.1) is 0 Å². The molecule has 1 amide bonds. The summed E-state index contributed by atoms with van der Waals surface area (Å²) in [5.41, 5.74) is -0.116. The van der Waals surface area contributed by atoms with Crippen molar-refractivity contribution in [2.45, 2.75) is 70.5 Å². The normalized spacial score (nSPS) is 22.8. The molecule has 0 aromatic carbocycles. The molecule has 2 fully saturated rings. The highest BCUT2D eigenvalue weighted by molar-refractivity contribution is 5.76. The number of rotatable bonds is 3. The molecule has 4 rings (SSSR count). The molecule has 1 aromatic rings. The Balaban J connectivity index is 1.36. The first-order chi connectivity index (χ1) is 12.2. The molecule has 2 aliphatic heterocycles. The number of hydrogen-bond acceptors (Lipinski definition) is 4. The zero-order chi connectivity index (χ0) is 17.2. The Morgan fingerprint density at radius 3 is 2.48 bits per heavy atom. The molecule has 0 unspecified atom stereocenters. The summed E-state index contributed by atoms with van der Waals surface area (Å²) in [6.45, 7) is 4.30. The predicted molar refractivity (Wildman–Crippen MR) is 94.5 cm³/mol. The second kappa shape index (κ2) is 7.32. The number of carbonyl (C=O) groups is 1. The third-order valence-electron chi connectivity index (χ3n) is 6.07. The molecule has 3 heterocycles. The first-order valence-electron chi connectivity index (χ1n) is 9.91. The Morgan fingerprint density at radius 1 is 0.960 bits per heavy atom. The van der Waals surface area contributed by atoms with Crippen LogP contribution in [-0.2, 0) is 24.3 Å². The smallest absolute Gasteiger partial charge is 0.339 e. The highest BCUT2D eigenvalue weighted by Crippen LogP contribution is 2.24. The van der Waals surface area contributed by atoms with E-state index in [2.05, 4.69) is 10.00 Å². The summed E-state index contributed by atoms with van der Waals surface area (Å²) in [4.78, 5) is 29.6. The Bertz CT molecular complexity index is 665. The molecule has 1 aliphatic carbocycles. The monoisotopic (exact) mass is 347 g/mol. The number of fused-ring (bicyclic) bond motifs is 1. The Kier molecular flexibility index (Phi) is 4.92. The molecule has 25 heavy (non-hydrogen) atoms. The minimum atomic E-state index is -0.116. The number of piperazine rings is 1. The van der Waals surface area contributed by atoms with Crippen LogP contribution in [-0.4, -0.2) is 62.3 Å². The van der Waals surface area contributed by atoms with Gasteiger partial charge in [-0.1, -0.05) is 19.3 Å². The van der Waals surface area contributed by atoms with Gasteiger partial charge in [0.25, 0.3) is 0 Å². The number of nitrogens with zero attached hydrogens (tertiary/aromatic N) is 5. The molecule has 0 atom stereocenters. The summed E-state index contributed by atoms with van der Waals surface area (Å²) in [5.74, 6) is 0.878. The fraction of sp³-hybridized carbons (Fsp3) is 0.833. The molecule has 3 aliphatic rings. The second-order valence-electron chi connectivity index (χ2n) is 7.67. The van der Waals surface area contributed by atoms with Crippen LogP contribution in [0.15, 0.2) is 4.79 Å². The highest BCUT2D eigenvalue weighted by Gasteiger charge is 2.28. The van der Waals surface area contributed by atoms with Crippen molar-refractivity contribution < 1.29 is 4.79 Å². The van der Waals surface area contributed by atoms with Crippen LogP contribution < -0.4 is 5.69 Å². The van der Waals surface area contributed by atoms with Crippen molar-refractivity contribution in [3.63, 3.8) is 0 Å². The van der Waals surface area contributed by atoms with Gasteiger partial charge in [-0.05, 0) is 25.7 Å². The van der Waals surface area contributed by atoms with Crippen molar-refractivity contribution in [1.29, 1.82) is 0 Å². The molecule has 0 bridgehead atoms. The minimum Gasteiger partial charge on any atom is -0.339 e. The molecule has 1 saturated carbocycles. The SMILES string of the molecule is O=C(Cn1nc2n(c1=O)CCCCC2)N1CCN(C2CCCC2)CC1. The molecule has 1 saturated heterocycles. The van der Waals surface area contributed by atoms with E-state index in [9.17, 15) is 9.59 Å². The van der Waals surface area contributed by atoms with E-state index in [0.717, 1.165) is 70.3 Å². The molecule has 138 valence electrons. The number of hydrogen-bond donors (Lipinski definition) is 0. The van der Waals surface area contributed by atoms with Gasteiger partial charge >= 0.3 is 5.69 Å². The molecule has 0 N–H and O–H groups in total. The zero-order valence-corrected chi connectivity index (χ0v) is 15.0. The predicted octanol–water partition coefficient (Wildman–Crippen LogP) is 0.858. The first-order valence-corrected chi connectivity index (χ1v) is 9.91. The summed E-state index contributed by atoms with van der Waals surface area (Å²) in [6, 6.07) is 0.726. The molecule has 1 aromatic heterocycles. The van der Waals surface area contributed by atoms with Crippen molar-refractivity contribution in [1.82, 2.24) is 24.1 Å².